The second-order valence-corrected chi connectivity index (χ2v) is 12.9. The molecule has 6 heteroatoms. The van der Waals surface area contributed by atoms with Gasteiger partial charge in [0.2, 0.25) is 0 Å². The molecule has 0 aliphatic heterocycles. The summed E-state index contributed by atoms with van der Waals surface area (Å²) in [4.78, 5) is 27.2. The maximum atomic E-state index is 12.7. The van der Waals surface area contributed by atoms with E-state index in [-0.39, 0.29) is 11.0 Å². The first-order valence-corrected chi connectivity index (χ1v) is 13.6. The molecule has 37 heavy (non-hydrogen) atoms. The van der Waals surface area contributed by atoms with Crippen LogP contribution in [0.25, 0.3) is 16.0 Å². The molecule has 0 saturated heterocycles. The van der Waals surface area contributed by atoms with Crippen LogP contribution in [0.1, 0.15) is 81.6 Å². The molecule has 2 aromatic heterocycles. The zero-order valence-corrected chi connectivity index (χ0v) is 23.4. The highest BCUT2D eigenvalue weighted by Gasteiger charge is 2.35. The fourth-order valence-electron chi connectivity index (χ4n) is 4.85. The maximum Gasteiger partial charge on any atom is 0.337 e. The fourth-order valence-corrected chi connectivity index (χ4v) is 6.06. The molecule has 196 valence electrons. The number of hydrogen-bond donors (Lipinski definition) is 1. The van der Waals surface area contributed by atoms with Crippen molar-refractivity contribution in [1.82, 2.24) is 4.57 Å². The summed E-state index contributed by atoms with van der Waals surface area (Å²) in [7, 11) is 0. The first-order chi connectivity index (χ1) is 17.3. The Morgan fingerprint density at radius 1 is 1.16 bits per heavy atom. The number of benzene rings is 1. The molecule has 2 heterocycles. The molecule has 1 aliphatic carbocycles. The van der Waals surface area contributed by atoms with Crippen molar-refractivity contribution < 1.29 is 14.6 Å². The third-order valence-electron chi connectivity index (χ3n) is 6.82. The van der Waals surface area contributed by atoms with E-state index in [0.717, 1.165) is 51.3 Å². The average molecular weight is 520 g/mol. The van der Waals surface area contributed by atoms with Crippen LogP contribution in [0.3, 0.4) is 0 Å². The van der Waals surface area contributed by atoms with Crippen LogP contribution >= 0.6 is 11.3 Å². The summed E-state index contributed by atoms with van der Waals surface area (Å²) in [6.07, 6.45) is 5.93. The standard InChI is InChI=1S/C31H37NO4S/c1-20-25(27(29(34)35)36-30(2,3)4)26(22-14-16-31(5,6)17-15-22)28(37-20)23-12-13-24(33)32(19-23)18-21-10-8-7-9-11-21/h7-14,19,27H,15-18H2,1-6H3,(H,34,35). The van der Waals surface area contributed by atoms with Crippen LogP contribution in [0, 0.1) is 12.3 Å². The summed E-state index contributed by atoms with van der Waals surface area (Å²) < 4.78 is 7.86. The Bertz CT molecular complexity index is 1370. The minimum Gasteiger partial charge on any atom is -0.479 e. The number of carboxylic acid groups (broad SMARTS) is 1. The quantitative estimate of drug-likeness (QED) is 0.352. The van der Waals surface area contributed by atoms with Crippen LogP contribution in [0.5, 0.6) is 0 Å². The van der Waals surface area contributed by atoms with Crippen molar-refractivity contribution >= 4 is 22.9 Å². The van der Waals surface area contributed by atoms with Crippen molar-refractivity contribution in [2.75, 3.05) is 0 Å². The van der Waals surface area contributed by atoms with Gasteiger partial charge < -0.3 is 14.4 Å². The Kier molecular flexibility index (Phi) is 7.63. The third-order valence-corrected chi connectivity index (χ3v) is 7.99. The summed E-state index contributed by atoms with van der Waals surface area (Å²) in [5.41, 5.74) is 4.34. The number of aryl methyl sites for hydroxylation is 1. The van der Waals surface area contributed by atoms with Crippen molar-refractivity contribution in [3.8, 4) is 10.4 Å². The predicted molar refractivity (Wildman–Crippen MR) is 151 cm³/mol. The molecule has 0 amide bonds. The van der Waals surface area contributed by atoms with E-state index in [0.29, 0.717) is 6.54 Å². The zero-order chi connectivity index (χ0) is 27.0. The van der Waals surface area contributed by atoms with Gasteiger partial charge in [0.15, 0.2) is 6.10 Å². The van der Waals surface area contributed by atoms with Gasteiger partial charge in [-0.3, -0.25) is 4.79 Å². The summed E-state index contributed by atoms with van der Waals surface area (Å²) in [6, 6.07) is 13.4. The van der Waals surface area contributed by atoms with E-state index in [1.807, 2.05) is 70.3 Å². The number of pyridine rings is 1. The van der Waals surface area contributed by atoms with Gasteiger partial charge in [-0.05, 0) is 69.6 Å². The highest BCUT2D eigenvalue weighted by Crippen LogP contribution is 2.48. The van der Waals surface area contributed by atoms with E-state index < -0.39 is 17.7 Å². The van der Waals surface area contributed by atoms with Gasteiger partial charge in [-0.25, -0.2) is 4.79 Å². The molecule has 5 nitrogen and oxygen atoms in total. The van der Waals surface area contributed by atoms with Gasteiger partial charge in [-0.1, -0.05) is 50.3 Å². The second kappa shape index (κ2) is 10.4. The van der Waals surface area contributed by atoms with Crippen molar-refractivity contribution in [2.45, 2.75) is 79.1 Å². The van der Waals surface area contributed by atoms with E-state index in [9.17, 15) is 14.7 Å². The minimum atomic E-state index is -1.08. The topological polar surface area (TPSA) is 68.5 Å². The summed E-state index contributed by atoms with van der Waals surface area (Å²) in [5, 5.41) is 10.3. The first kappa shape index (κ1) is 27.1. The number of hydrogen-bond acceptors (Lipinski definition) is 4. The number of nitrogens with zero attached hydrogens (tertiary/aromatic N) is 1. The number of thiophene rings is 1. The van der Waals surface area contributed by atoms with Gasteiger partial charge in [0.25, 0.3) is 5.56 Å². The molecule has 1 aliphatic rings. The molecular weight excluding hydrogens is 482 g/mol. The van der Waals surface area contributed by atoms with Crippen LogP contribution in [-0.2, 0) is 16.1 Å². The second-order valence-electron chi connectivity index (χ2n) is 11.7. The summed E-state index contributed by atoms with van der Waals surface area (Å²) >= 11 is 1.58. The molecular formula is C31H37NO4S. The Morgan fingerprint density at radius 2 is 1.86 bits per heavy atom. The van der Waals surface area contributed by atoms with Crippen LogP contribution < -0.4 is 5.56 Å². The smallest absolute Gasteiger partial charge is 0.337 e. The highest BCUT2D eigenvalue weighted by atomic mass is 32.1. The molecule has 1 atom stereocenters. The predicted octanol–water partition coefficient (Wildman–Crippen LogP) is 7.47. The molecule has 4 rings (SSSR count). The number of allylic oxidation sites excluding steroid dienone is 2. The number of rotatable bonds is 7. The van der Waals surface area contributed by atoms with Crippen molar-refractivity contribution in [3.63, 3.8) is 0 Å². The van der Waals surface area contributed by atoms with Gasteiger partial charge in [-0.2, -0.15) is 0 Å². The van der Waals surface area contributed by atoms with E-state index in [2.05, 4.69) is 19.9 Å². The molecule has 1 N–H and O–H groups in total. The summed E-state index contributed by atoms with van der Waals surface area (Å²) in [6.45, 7) is 12.6. The molecule has 3 aromatic rings. The molecule has 0 radical (unpaired) electrons. The van der Waals surface area contributed by atoms with Gasteiger partial charge in [0.05, 0.1) is 12.1 Å². The van der Waals surface area contributed by atoms with Crippen LogP contribution in [0.4, 0.5) is 0 Å². The maximum absolute atomic E-state index is 12.7. The lowest BCUT2D eigenvalue weighted by Gasteiger charge is -2.31. The number of aliphatic carboxylic acids is 1. The molecule has 0 bridgehead atoms. The number of ether oxygens (including phenoxy) is 1. The van der Waals surface area contributed by atoms with Gasteiger partial charge >= 0.3 is 5.97 Å². The fraction of sp³-hybridized carbons (Fsp3) is 0.419. The Balaban J connectivity index is 1.89. The number of carboxylic acids is 1. The minimum absolute atomic E-state index is 0.0687. The van der Waals surface area contributed by atoms with Gasteiger partial charge in [0, 0.05) is 38.7 Å². The zero-order valence-electron chi connectivity index (χ0n) is 22.6. The van der Waals surface area contributed by atoms with Crippen molar-refractivity contribution in [3.05, 3.63) is 86.7 Å². The lowest BCUT2D eigenvalue weighted by atomic mass is 9.76. The first-order valence-electron chi connectivity index (χ1n) is 12.8. The number of aromatic nitrogens is 1. The highest BCUT2D eigenvalue weighted by molar-refractivity contribution is 7.16. The van der Waals surface area contributed by atoms with Crippen LogP contribution in [-0.4, -0.2) is 21.2 Å². The normalized spacial score (nSPS) is 16.3. The average Bonchev–Trinajstić information content (AvgIpc) is 3.15. The number of carbonyl (C=O) groups is 1. The Hall–Kier alpha value is -2.96. The van der Waals surface area contributed by atoms with E-state index >= 15 is 0 Å². The Morgan fingerprint density at radius 3 is 2.46 bits per heavy atom. The largest absolute Gasteiger partial charge is 0.479 e. The van der Waals surface area contributed by atoms with Gasteiger partial charge in [0.1, 0.15) is 0 Å². The van der Waals surface area contributed by atoms with E-state index in [1.54, 1.807) is 22.0 Å². The SMILES string of the molecule is Cc1sc(-c2ccc(=O)n(Cc3ccccc3)c2)c(C2=CCC(C)(C)CC2)c1C(OC(C)(C)C)C(=O)O. The third kappa shape index (κ3) is 6.31. The monoisotopic (exact) mass is 519 g/mol. The van der Waals surface area contributed by atoms with E-state index in [4.69, 9.17) is 4.74 Å². The molecule has 0 saturated carbocycles. The molecule has 1 unspecified atom stereocenters. The lowest BCUT2D eigenvalue weighted by Crippen LogP contribution is -2.28. The lowest BCUT2D eigenvalue weighted by molar-refractivity contribution is -0.160. The van der Waals surface area contributed by atoms with Gasteiger partial charge in [-0.15, -0.1) is 11.3 Å². The van der Waals surface area contributed by atoms with Crippen LogP contribution in [0.2, 0.25) is 0 Å². The molecule has 0 spiro atoms. The van der Waals surface area contributed by atoms with Crippen molar-refractivity contribution in [1.29, 1.82) is 0 Å². The molecule has 0 fully saturated rings. The summed E-state index contributed by atoms with van der Waals surface area (Å²) in [5.74, 6) is -0.991. The van der Waals surface area contributed by atoms with E-state index in [1.165, 1.54) is 5.57 Å². The Labute approximate surface area is 223 Å². The van der Waals surface area contributed by atoms with Crippen LogP contribution in [0.15, 0.2) is 59.5 Å². The molecule has 1 aromatic carbocycles. The van der Waals surface area contributed by atoms with Crippen molar-refractivity contribution in [2.24, 2.45) is 5.41 Å².